The Kier molecular flexibility index (Phi) is 6.84. The van der Waals surface area contributed by atoms with E-state index in [4.69, 9.17) is 0 Å². The number of anilines is 1. The molecule has 1 fully saturated rings. The first-order chi connectivity index (χ1) is 17.5. The van der Waals surface area contributed by atoms with Crippen LogP contribution in [-0.4, -0.2) is 45.2 Å². The number of likely N-dealkylation sites (tertiary alicyclic amines) is 1. The normalized spacial score (nSPS) is 19.5. The molecule has 186 valence electrons. The summed E-state index contributed by atoms with van der Waals surface area (Å²) in [5.74, 6) is 0.294. The van der Waals surface area contributed by atoms with E-state index in [9.17, 15) is 14.4 Å². The van der Waals surface area contributed by atoms with Crippen molar-refractivity contribution in [2.24, 2.45) is 0 Å². The molecule has 1 saturated heterocycles. The molecule has 3 heterocycles. The monoisotopic (exact) mass is 485 g/mol. The molecule has 2 aromatic heterocycles. The fourth-order valence-corrected chi connectivity index (χ4v) is 5.05. The van der Waals surface area contributed by atoms with Gasteiger partial charge in [-0.25, -0.2) is 4.98 Å². The second-order valence-electron chi connectivity index (χ2n) is 9.55. The van der Waals surface area contributed by atoms with Gasteiger partial charge in [0, 0.05) is 24.9 Å². The molecular formula is C28H31N5O3. The third-order valence-corrected chi connectivity index (χ3v) is 6.86. The van der Waals surface area contributed by atoms with Crippen LogP contribution in [0.25, 0.3) is 16.6 Å². The van der Waals surface area contributed by atoms with Gasteiger partial charge >= 0.3 is 0 Å². The van der Waals surface area contributed by atoms with Crippen LogP contribution < -0.4 is 10.6 Å². The minimum atomic E-state index is -0.408. The van der Waals surface area contributed by atoms with Crippen LogP contribution in [0.3, 0.4) is 0 Å². The summed E-state index contributed by atoms with van der Waals surface area (Å²) in [5, 5.41) is 5.77. The van der Waals surface area contributed by atoms with Gasteiger partial charge in [-0.15, -0.1) is 0 Å². The number of pyridine rings is 1. The van der Waals surface area contributed by atoms with E-state index in [1.165, 1.54) is 6.92 Å². The van der Waals surface area contributed by atoms with Crippen molar-refractivity contribution >= 4 is 40.1 Å². The topological polar surface area (TPSA) is 107 Å². The van der Waals surface area contributed by atoms with Crippen LogP contribution in [0.1, 0.15) is 57.6 Å². The van der Waals surface area contributed by atoms with Crippen molar-refractivity contribution in [3.05, 3.63) is 65.5 Å². The van der Waals surface area contributed by atoms with Crippen LogP contribution in [0, 0.1) is 0 Å². The molecule has 36 heavy (non-hydrogen) atoms. The summed E-state index contributed by atoms with van der Waals surface area (Å²) in [6, 6.07) is 5.24. The molecular weight excluding hydrogens is 454 g/mol. The number of allylic oxidation sites excluding steroid dienone is 7. The summed E-state index contributed by atoms with van der Waals surface area (Å²) in [4.78, 5) is 46.9. The Hall–Kier alpha value is -3.94. The highest BCUT2D eigenvalue weighted by Gasteiger charge is 2.34. The third kappa shape index (κ3) is 5.32. The number of carbonyl (C=O) groups is 3. The van der Waals surface area contributed by atoms with Crippen LogP contribution in [0.5, 0.6) is 0 Å². The molecule has 0 bridgehead atoms. The number of aromatic amines is 1. The maximum Gasteiger partial charge on any atom is 0.246 e. The molecule has 1 aliphatic heterocycles. The highest BCUT2D eigenvalue weighted by Crippen LogP contribution is 2.29. The molecule has 0 radical (unpaired) electrons. The molecule has 0 spiro atoms. The number of H-pyrrole nitrogens is 1. The van der Waals surface area contributed by atoms with E-state index in [1.807, 2.05) is 30.4 Å². The Morgan fingerprint density at radius 3 is 2.78 bits per heavy atom. The van der Waals surface area contributed by atoms with Gasteiger partial charge in [-0.1, -0.05) is 24.3 Å². The van der Waals surface area contributed by atoms with Crippen molar-refractivity contribution in [2.45, 2.75) is 57.9 Å². The maximum atomic E-state index is 13.1. The maximum absolute atomic E-state index is 13.1. The molecule has 1 atom stereocenters. The number of hydrogen-bond donors (Lipinski definition) is 3. The Morgan fingerprint density at radius 2 is 2.03 bits per heavy atom. The first kappa shape index (κ1) is 23.8. The molecule has 0 unspecified atom stereocenters. The van der Waals surface area contributed by atoms with E-state index in [-0.39, 0.29) is 17.7 Å². The van der Waals surface area contributed by atoms with Crippen LogP contribution in [-0.2, 0) is 14.4 Å². The zero-order valence-electron chi connectivity index (χ0n) is 20.5. The minimum Gasteiger partial charge on any atom is -0.353 e. The standard InChI is InChI=1S/C28H31N5O3/c1-18(34)29-26-14-13-22-24(32-26)17-23(31-22)20-9-11-21(12-10-20)30-28(36)25-8-5-15-33(25)27(35)16-19-6-3-2-4-7-19/h3,6-7,9,11,13-14,17,25,31H,2,4-5,8,10,12,15-16H2,1H3,(H,30,36)(H,29,32,34)/t25-/m0/s1. The Balaban J connectivity index is 1.22. The second-order valence-corrected chi connectivity index (χ2v) is 9.55. The van der Waals surface area contributed by atoms with Gasteiger partial charge in [0.15, 0.2) is 0 Å². The van der Waals surface area contributed by atoms with Crippen molar-refractivity contribution in [1.29, 1.82) is 0 Å². The number of hydrogen-bond acceptors (Lipinski definition) is 4. The predicted molar refractivity (Wildman–Crippen MR) is 140 cm³/mol. The molecule has 5 rings (SSSR count). The number of amides is 3. The summed E-state index contributed by atoms with van der Waals surface area (Å²) >= 11 is 0. The average molecular weight is 486 g/mol. The fourth-order valence-electron chi connectivity index (χ4n) is 5.05. The first-order valence-electron chi connectivity index (χ1n) is 12.6. The minimum absolute atomic E-state index is 0.0272. The molecule has 3 N–H and O–H groups in total. The molecule has 0 aromatic carbocycles. The lowest BCUT2D eigenvalue weighted by Crippen LogP contribution is -2.45. The van der Waals surface area contributed by atoms with Gasteiger partial charge in [-0.05, 0) is 73.9 Å². The van der Waals surface area contributed by atoms with Crippen LogP contribution in [0.15, 0.2) is 59.8 Å². The lowest BCUT2D eigenvalue weighted by atomic mass is 9.99. The van der Waals surface area contributed by atoms with Crippen molar-refractivity contribution in [3.8, 4) is 0 Å². The molecule has 8 nitrogen and oxygen atoms in total. The number of fused-ring (bicyclic) bond motifs is 1. The summed E-state index contributed by atoms with van der Waals surface area (Å²) in [5.41, 5.74) is 5.68. The SMILES string of the molecule is CC(=O)Nc1ccc2[nH]c(C3=CC=C(NC(=O)[C@@H]4CCCN4C(=O)CC4=CCCC=C4)CC3)cc2n1. The lowest BCUT2D eigenvalue weighted by molar-refractivity contribution is -0.137. The number of aromatic nitrogens is 2. The number of carbonyl (C=O) groups excluding carboxylic acids is 3. The zero-order chi connectivity index (χ0) is 25.1. The number of nitrogens with zero attached hydrogens (tertiary/aromatic N) is 2. The van der Waals surface area contributed by atoms with Gasteiger partial charge in [-0.3, -0.25) is 14.4 Å². The predicted octanol–water partition coefficient (Wildman–Crippen LogP) is 4.36. The van der Waals surface area contributed by atoms with Crippen LogP contribution in [0.2, 0.25) is 0 Å². The van der Waals surface area contributed by atoms with Crippen LogP contribution in [0.4, 0.5) is 5.82 Å². The van der Waals surface area contributed by atoms with Crippen molar-refractivity contribution < 1.29 is 14.4 Å². The van der Waals surface area contributed by atoms with Crippen molar-refractivity contribution in [1.82, 2.24) is 20.2 Å². The van der Waals surface area contributed by atoms with Gasteiger partial charge in [0.2, 0.25) is 17.7 Å². The summed E-state index contributed by atoms with van der Waals surface area (Å²) in [7, 11) is 0. The van der Waals surface area contributed by atoms with Gasteiger partial charge in [-0.2, -0.15) is 0 Å². The lowest BCUT2D eigenvalue weighted by Gasteiger charge is -2.25. The quantitative estimate of drug-likeness (QED) is 0.565. The Morgan fingerprint density at radius 1 is 1.14 bits per heavy atom. The number of nitrogens with one attached hydrogen (secondary N) is 3. The third-order valence-electron chi connectivity index (χ3n) is 6.86. The van der Waals surface area contributed by atoms with Gasteiger partial charge < -0.3 is 20.5 Å². The van der Waals surface area contributed by atoms with Gasteiger partial charge in [0.25, 0.3) is 0 Å². The van der Waals surface area contributed by atoms with E-state index in [2.05, 4.69) is 32.8 Å². The van der Waals surface area contributed by atoms with E-state index >= 15 is 0 Å². The van der Waals surface area contributed by atoms with E-state index in [1.54, 1.807) is 11.0 Å². The molecule has 0 saturated carbocycles. The molecule has 2 aliphatic carbocycles. The summed E-state index contributed by atoms with van der Waals surface area (Å²) in [6.07, 6.45) is 15.6. The fraction of sp³-hybridized carbons (Fsp3) is 0.357. The van der Waals surface area contributed by atoms with Gasteiger partial charge in [0.1, 0.15) is 11.9 Å². The molecule has 8 heteroatoms. The summed E-state index contributed by atoms with van der Waals surface area (Å²) in [6.45, 7) is 2.09. The van der Waals surface area contributed by atoms with E-state index in [0.717, 1.165) is 59.3 Å². The molecule has 3 amide bonds. The van der Waals surface area contributed by atoms with Crippen molar-refractivity contribution in [3.63, 3.8) is 0 Å². The van der Waals surface area contributed by atoms with E-state index < -0.39 is 6.04 Å². The largest absolute Gasteiger partial charge is 0.353 e. The Labute approximate surface area is 210 Å². The summed E-state index contributed by atoms with van der Waals surface area (Å²) < 4.78 is 0. The first-order valence-corrected chi connectivity index (χ1v) is 12.6. The van der Waals surface area contributed by atoms with Crippen LogP contribution >= 0.6 is 0 Å². The molecule has 3 aliphatic rings. The second kappa shape index (κ2) is 10.4. The number of rotatable bonds is 6. The average Bonchev–Trinajstić information content (AvgIpc) is 3.52. The zero-order valence-corrected chi connectivity index (χ0v) is 20.5. The van der Waals surface area contributed by atoms with E-state index in [0.29, 0.717) is 31.6 Å². The van der Waals surface area contributed by atoms with Gasteiger partial charge in [0.05, 0.1) is 17.5 Å². The van der Waals surface area contributed by atoms with Crippen molar-refractivity contribution in [2.75, 3.05) is 11.9 Å². The Bertz CT molecular complexity index is 1330. The highest BCUT2D eigenvalue weighted by atomic mass is 16.2. The smallest absolute Gasteiger partial charge is 0.246 e. The highest BCUT2D eigenvalue weighted by molar-refractivity contribution is 5.91. The molecule has 2 aromatic rings.